The first kappa shape index (κ1) is 16.5. The Balaban J connectivity index is 2.04. The predicted octanol–water partition coefficient (Wildman–Crippen LogP) is 4.33. The van der Waals surface area contributed by atoms with Crippen molar-refractivity contribution >= 4 is 28.8 Å². The molecule has 2 amide bonds. The van der Waals surface area contributed by atoms with E-state index in [9.17, 15) is 27.2 Å². The summed E-state index contributed by atoms with van der Waals surface area (Å²) in [5.41, 5.74) is 1.58. The van der Waals surface area contributed by atoms with Gasteiger partial charge in [-0.1, -0.05) is 12.1 Å². The number of carbonyl (C=O) groups is 2. The van der Waals surface area contributed by atoms with E-state index in [1.165, 1.54) is 22.9 Å². The van der Waals surface area contributed by atoms with E-state index in [0.717, 1.165) is 23.5 Å². The highest BCUT2D eigenvalue weighted by molar-refractivity contribution is 7.08. The van der Waals surface area contributed by atoms with Crippen LogP contribution in [0.2, 0.25) is 0 Å². The molecule has 10 heteroatoms. The van der Waals surface area contributed by atoms with Crippen molar-refractivity contribution in [2.75, 3.05) is 12.4 Å². The summed E-state index contributed by atoms with van der Waals surface area (Å²) in [7, 11) is -2.87. The van der Waals surface area contributed by atoms with Crippen LogP contribution in [0.4, 0.5) is 23.2 Å². The van der Waals surface area contributed by atoms with Crippen molar-refractivity contribution in [2.45, 2.75) is 0 Å². The Morgan fingerprint density at radius 3 is 2.34 bits per heavy atom. The van der Waals surface area contributed by atoms with E-state index < -0.39 is 58.9 Å². The molecule has 3 N–H and O–H groups in total. The second-order valence-corrected chi connectivity index (χ2v) is 6.40. The molecule has 5 nitrogen and oxygen atoms in total. The van der Waals surface area contributed by atoms with Gasteiger partial charge in [-0.25, -0.2) is 17.6 Å². The number of thiophene rings is 1. The molecule has 0 aliphatic heterocycles. The fraction of sp³-hybridized carbons (Fsp3) is 0.0526. The Morgan fingerprint density at radius 1 is 1.07 bits per heavy atom. The van der Waals surface area contributed by atoms with Crippen LogP contribution in [0.25, 0.3) is 11.1 Å². The van der Waals surface area contributed by atoms with Gasteiger partial charge in [-0.3, -0.25) is 9.59 Å². The molecule has 3 rings (SSSR count). The van der Waals surface area contributed by atoms with E-state index in [2.05, 4.69) is 4.74 Å². The van der Waals surface area contributed by atoms with E-state index in [-0.39, 0.29) is 16.9 Å². The van der Waals surface area contributed by atoms with Crippen LogP contribution in [0.5, 0.6) is 5.75 Å². The van der Waals surface area contributed by atoms with Crippen LogP contribution in [-0.2, 0) is 0 Å². The lowest BCUT2D eigenvalue weighted by atomic mass is 10.0. The fourth-order valence-corrected chi connectivity index (χ4v) is 3.37. The van der Waals surface area contributed by atoms with E-state index in [4.69, 9.17) is 9.85 Å². The maximum atomic E-state index is 14.7. The minimum absolute atomic E-state index is 0.239. The van der Waals surface area contributed by atoms with E-state index >= 15 is 0 Å². The molecular weight excluding hydrogens is 412 g/mol. The van der Waals surface area contributed by atoms with Gasteiger partial charge in [-0.05, 0) is 17.7 Å². The summed E-state index contributed by atoms with van der Waals surface area (Å²) in [5.74, 6) is -10.0. The second kappa shape index (κ2) is 7.92. The summed E-state index contributed by atoms with van der Waals surface area (Å²) < 4.78 is 84.5. The minimum atomic E-state index is -2.87. The van der Waals surface area contributed by atoms with Crippen LogP contribution < -0.4 is 15.8 Å². The topological polar surface area (TPSA) is 81.4 Å². The molecule has 29 heavy (non-hydrogen) atoms. The van der Waals surface area contributed by atoms with Gasteiger partial charge in [0.15, 0.2) is 23.3 Å². The average Bonchev–Trinajstić information content (AvgIpc) is 3.19. The van der Waals surface area contributed by atoms with Crippen molar-refractivity contribution < 1.29 is 36.0 Å². The highest BCUT2D eigenvalue weighted by Crippen LogP contribution is 2.36. The third-order valence-electron chi connectivity index (χ3n) is 3.91. The fourth-order valence-electron chi connectivity index (χ4n) is 2.55. The first-order chi connectivity index (χ1) is 14.9. The molecule has 150 valence electrons. The summed E-state index contributed by atoms with van der Waals surface area (Å²) in [6.07, 6.45) is 0. The number of rotatable bonds is 5. The van der Waals surface area contributed by atoms with E-state index in [0.29, 0.717) is 0 Å². The molecule has 2 aromatic carbocycles. The molecule has 0 atom stereocenters. The number of amides is 2. The van der Waals surface area contributed by atoms with Crippen LogP contribution in [0.3, 0.4) is 0 Å². The number of methoxy groups -OCH3 is 1. The second-order valence-electron chi connectivity index (χ2n) is 5.65. The molecule has 1 heterocycles. The zero-order chi connectivity index (χ0) is 23.8. The number of ether oxygens (including phenoxy) is 1. The van der Waals surface area contributed by atoms with Crippen LogP contribution in [0.15, 0.2) is 35.0 Å². The molecule has 0 saturated carbocycles. The van der Waals surface area contributed by atoms with Crippen molar-refractivity contribution in [3.63, 3.8) is 0 Å². The number of hydrogen-bond acceptors (Lipinski definition) is 4. The molecule has 0 saturated heterocycles. The Hall–Kier alpha value is -3.40. The number of anilines is 1. The van der Waals surface area contributed by atoms with Gasteiger partial charge in [0.1, 0.15) is 11.4 Å². The molecule has 0 aliphatic carbocycles. The normalized spacial score (nSPS) is 12.6. The van der Waals surface area contributed by atoms with Crippen molar-refractivity contribution in [3.8, 4) is 16.9 Å². The van der Waals surface area contributed by atoms with Gasteiger partial charge < -0.3 is 15.8 Å². The molecule has 0 unspecified atom stereocenters. The maximum absolute atomic E-state index is 14.7. The van der Waals surface area contributed by atoms with Crippen molar-refractivity contribution in [3.05, 3.63) is 69.4 Å². The van der Waals surface area contributed by atoms with Crippen molar-refractivity contribution in [1.82, 2.24) is 0 Å². The van der Waals surface area contributed by atoms with Gasteiger partial charge in [-0.15, -0.1) is 0 Å². The van der Waals surface area contributed by atoms with Gasteiger partial charge in [0.05, 0.1) is 27.8 Å². The molecule has 0 bridgehead atoms. The van der Waals surface area contributed by atoms with Gasteiger partial charge in [0.2, 0.25) is 5.91 Å². The number of nitrogens with two attached hydrogens (primary N) is 1. The van der Waals surface area contributed by atoms with Crippen LogP contribution in [0.1, 0.15) is 24.8 Å². The largest absolute Gasteiger partial charge is 0.497 e. The molecule has 3 aromatic rings. The molecule has 0 fully saturated rings. The number of halogens is 4. The standard InChI is InChI=1S/C19H12F4N2O3S/c1-28-9-4-2-3-8(5-9)12-13(20)15(22)17(16(23)14(12)21)25-19(27)11-7-29-6-10(11)18(24)26/h2-7H,1H3,(H2,24,26)(H,25,27)/i1D3. The predicted molar refractivity (Wildman–Crippen MR) is 99.1 cm³/mol. The number of nitrogens with one attached hydrogen (secondary N) is 1. The number of carbonyl (C=O) groups excluding carboxylic acids is 2. The molecule has 0 radical (unpaired) electrons. The SMILES string of the molecule is [2H]C([2H])([2H])Oc1cccc(-c2c(F)c(F)c(NC(=O)c3cscc3C(N)=O)c(F)c2F)c1. The van der Waals surface area contributed by atoms with Gasteiger partial charge in [0, 0.05) is 10.8 Å². The van der Waals surface area contributed by atoms with Crippen molar-refractivity contribution in [2.24, 2.45) is 5.73 Å². The Kier molecular flexibility index (Phi) is 4.52. The van der Waals surface area contributed by atoms with Crippen molar-refractivity contribution in [1.29, 1.82) is 0 Å². The molecule has 0 aliphatic rings. The monoisotopic (exact) mass is 427 g/mol. The third-order valence-corrected chi connectivity index (χ3v) is 4.66. The minimum Gasteiger partial charge on any atom is -0.497 e. The number of benzene rings is 2. The van der Waals surface area contributed by atoms with Gasteiger partial charge in [-0.2, -0.15) is 11.3 Å². The lowest BCUT2D eigenvalue weighted by molar-refractivity contribution is 0.0977. The lowest BCUT2D eigenvalue weighted by Gasteiger charge is -2.13. The molecule has 1 aromatic heterocycles. The number of primary amides is 1. The van der Waals surface area contributed by atoms with E-state index in [1.807, 2.05) is 0 Å². The first-order valence-corrected chi connectivity index (χ1v) is 8.67. The Morgan fingerprint density at radius 2 is 1.72 bits per heavy atom. The smallest absolute Gasteiger partial charge is 0.257 e. The molecular formula is C19H12F4N2O3S. The summed E-state index contributed by atoms with van der Waals surface area (Å²) in [6, 6.07) is 4.30. The zero-order valence-corrected chi connectivity index (χ0v) is 15.0. The summed E-state index contributed by atoms with van der Waals surface area (Å²) in [4.78, 5) is 23.6. The maximum Gasteiger partial charge on any atom is 0.257 e. The highest BCUT2D eigenvalue weighted by Gasteiger charge is 2.28. The van der Waals surface area contributed by atoms with E-state index in [1.54, 1.807) is 5.32 Å². The Bertz CT molecular complexity index is 1200. The third kappa shape index (κ3) is 3.66. The average molecular weight is 427 g/mol. The Labute approximate surface area is 169 Å². The van der Waals surface area contributed by atoms with Crippen LogP contribution >= 0.6 is 11.3 Å². The van der Waals surface area contributed by atoms with Gasteiger partial charge in [0.25, 0.3) is 5.91 Å². The highest BCUT2D eigenvalue weighted by atomic mass is 32.1. The van der Waals surface area contributed by atoms with Crippen LogP contribution in [0, 0.1) is 23.3 Å². The summed E-state index contributed by atoms with van der Waals surface area (Å²) in [6.45, 7) is 0. The quantitative estimate of drug-likeness (QED) is 0.470. The summed E-state index contributed by atoms with van der Waals surface area (Å²) >= 11 is 0.904. The summed E-state index contributed by atoms with van der Waals surface area (Å²) in [5, 5.41) is 4.10. The van der Waals surface area contributed by atoms with Gasteiger partial charge >= 0.3 is 0 Å². The lowest BCUT2D eigenvalue weighted by Crippen LogP contribution is -2.20. The molecule has 0 spiro atoms. The number of hydrogen-bond donors (Lipinski definition) is 2. The zero-order valence-electron chi connectivity index (χ0n) is 17.2. The first-order valence-electron chi connectivity index (χ1n) is 9.23. The van der Waals surface area contributed by atoms with Crippen LogP contribution in [-0.4, -0.2) is 18.9 Å².